The van der Waals surface area contributed by atoms with Crippen molar-refractivity contribution in [3.8, 4) is 17.6 Å². The second-order valence-electron chi connectivity index (χ2n) is 5.23. The van der Waals surface area contributed by atoms with E-state index < -0.39 is 5.60 Å². The summed E-state index contributed by atoms with van der Waals surface area (Å²) in [6, 6.07) is 7.30. The summed E-state index contributed by atoms with van der Waals surface area (Å²) in [5.74, 6) is 5.86. The minimum Gasteiger partial charge on any atom is -0.508 e. The van der Waals surface area contributed by atoms with Crippen molar-refractivity contribution >= 4 is 0 Å². The summed E-state index contributed by atoms with van der Waals surface area (Å²) >= 11 is 0. The van der Waals surface area contributed by atoms with Gasteiger partial charge >= 0.3 is 0 Å². The molecule has 0 aliphatic rings. The fourth-order valence-electron chi connectivity index (χ4n) is 1.70. The topological polar surface area (TPSA) is 43.7 Å². The zero-order chi connectivity index (χ0) is 15.0. The van der Waals surface area contributed by atoms with E-state index in [4.69, 9.17) is 0 Å². The molecule has 0 spiro atoms. The highest BCUT2D eigenvalue weighted by Gasteiger charge is 2.05. The summed E-state index contributed by atoms with van der Waals surface area (Å²) in [7, 11) is 0. The quantitative estimate of drug-likeness (QED) is 0.810. The lowest BCUT2D eigenvalue weighted by Crippen LogP contribution is -2.22. The lowest BCUT2D eigenvalue weighted by atomic mass is 10.1. The van der Waals surface area contributed by atoms with E-state index in [1.807, 2.05) is 18.2 Å². The normalized spacial score (nSPS) is 11.7. The first-order chi connectivity index (χ1) is 9.40. The first-order valence-electron chi connectivity index (χ1n) is 6.81. The molecular weight excluding hydrogens is 250 g/mol. The van der Waals surface area contributed by atoms with Gasteiger partial charge in [-0.15, -0.1) is 0 Å². The molecule has 0 fully saturated rings. The molecule has 0 atom stereocenters. The Kier molecular flexibility index (Phi) is 6.30. The molecule has 0 aliphatic heterocycles. The van der Waals surface area contributed by atoms with Crippen LogP contribution in [-0.2, 0) is 6.54 Å². The Morgan fingerprint density at radius 2 is 2.10 bits per heavy atom. The van der Waals surface area contributed by atoms with Gasteiger partial charge in [0.25, 0.3) is 0 Å². The van der Waals surface area contributed by atoms with Gasteiger partial charge in [0.2, 0.25) is 0 Å². The molecular formula is C17H23NO2. The second kappa shape index (κ2) is 7.74. The van der Waals surface area contributed by atoms with Gasteiger partial charge in [-0.2, -0.15) is 0 Å². The van der Waals surface area contributed by atoms with Crippen LogP contribution in [0.5, 0.6) is 5.75 Å². The fourth-order valence-corrected chi connectivity index (χ4v) is 1.70. The van der Waals surface area contributed by atoms with Crippen LogP contribution in [0.2, 0.25) is 0 Å². The molecule has 0 unspecified atom stereocenters. The van der Waals surface area contributed by atoms with Gasteiger partial charge in [-0.05, 0) is 44.2 Å². The minimum absolute atomic E-state index is 0.296. The summed E-state index contributed by atoms with van der Waals surface area (Å²) in [5, 5.41) is 18.9. The molecule has 0 amide bonds. The van der Waals surface area contributed by atoms with Gasteiger partial charge in [0.1, 0.15) is 11.4 Å². The van der Waals surface area contributed by atoms with Crippen molar-refractivity contribution in [2.24, 2.45) is 0 Å². The van der Waals surface area contributed by atoms with E-state index in [0.717, 1.165) is 25.2 Å². The third-order valence-corrected chi connectivity index (χ3v) is 2.71. The van der Waals surface area contributed by atoms with Crippen LogP contribution in [0.15, 0.2) is 36.4 Å². The number of hydrogen-bond donors (Lipinski definition) is 2. The number of aromatic hydroxyl groups is 1. The zero-order valence-electron chi connectivity index (χ0n) is 12.4. The summed E-state index contributed by atoms with van der Waals surface area (Å²) < 4.78 is 0. The first-order valence-corrected chi connectivity index (χ1v) is 6.81. The Balaban J connectivity index is 2.51. The predicted molar refractivity (Wildman–Crippen MR) is 82.3 cm³/mol. The van der Waals surface area contributed by atoms with Crippen LogP contribution in [0.3, 0.4) is 0 Å². The molecule has 0 bridgehead atoms. The maximum absolute atomic E-state index is 9.45. The first kappa shape index (κ1) is 16.3. The molecule has 0 aromatic heterocycles. The molecule has 0 heterocycles. The molecule has 108 valence electrons. The van der Waals surface area contributed by atoms with Gasteiger partial charge in [0.15, 0.2) is 0 Å². The van der Waals surface area contributed by atoms with Crippen LogP contribution in [0.1, 0.15) is 26.3 Å². The third-order valence-electron chi connectivity index (χ3n) is 2.71. The SMILES string of the molecule is CCN(CC=CC#CC(C)(C)O)Cc1cccc(O)c1. The van der Waals surface area contributed by atoms with Crippen molar-refractivity contribution < 1.29 is 10.2 Å². The minimum atomic E-state index is -0.948. The molecule has 3 nitrogen and oxygen atoms in total. The maximum Gasteiger partial charge on any atom is 0.120 e. The van der Waals surface area contributed by atoms with Gasteiger partial charge in [0, 0.05) is 13.1 Å². The van der Waals surface area contributed by atoms with E-state index in [9.17, 15) is 10.2 Å². The number of hydrogen-bond acceptors (Lipinski definition) is 3. The molecule has 0 saturated heterocycles. The van der Waals surface area contributed by atoms with E-state index in [1.165, 1.54) is 0 Å². The lowest BCUT2D eigenvalue weighted by Gasteiger charge is -2.18. The molecule has 1 aromatic carbocycles. The third kappa shape index (κ3) is 6.98. The highest BCUT2D eigenvalue weighted by Crippen LogP contribution is 2.12. The Bertz CT molecular complexity index is 504. The number of phenols is 1. The van der Waals surface area contributed by atoms with Gasteiger partial charge in [0.05, 0.1) is 0 Å². The highest BCUT2D eigenvalue weighted by atomic mass is 16.3. The van der Waals surface area contributed by atoms with Crippen molar-refractivity contribution in [2.75, 3.05) is 13.1 Å². The number of rotatable bonds is 5. The monoisotopic (exact) mass is 273 g/mol. The largest absolute Gasteiger partial charge is 0.508 e. The number of benzene rings is 1. The average Bonchev–Trinajstić information content (AvgIpc) is 2.35. The molecule has 0 saturated carbocycles. The van der Waals surface area contributed by atoms with E-state index in [0.29, 0.717) is 5.75 Å². The predicted octanol–water partition coefficient (Wildman–Crippen LogP) is 2.54. The second-order valence-corrected chi connectivity index (χ2v) is 5.23. The molecule has 0 radical (unpaired) electrons. The smallest absolute Gasteiger partial charge is 0.120 e. The zero-order valence-corrected chi connectivity index (χ0v) is 12.4. The number of allylic oxidation sites excluding steroid dienone is 1. The van der Waals surface area contributed by atoms with Crippen LogP contribution < -0.4 is 0 Å². The summed E-state index contributed by atoms with van der Waals surface area (Å²) in [6.07, 6.45) is 3.74. The van der Waals surface area contributed by atoms with Gasteiger partial charge in [-0.1, -0.05) is 37.0 Å². The molecule has 20 heavy (non-hydrogen) atoms. The highest BCUT2D eigenvalue weighted by molar-refractivity contribution is 5.27. The average molecular weight is 273 g/mol. The Labute approximate surface area is 121 Å². The molecule has 1 aromatic rings. The fraction of sp³-hybridized carbons (Fsp3) is 0.412. The van der Waals surface area contributed by atoms with Gasteiger partial charge in [-0.25, -0.2) is 0 Å². The van der Waals surface area contributed by atoms with Crippen LogP contribution in [-0.4, -0.2) is 33.8 Å². The number of nitrogens with zero attached hydrogens (tertiary/aromatic N) is 1. The number of likely N-dealkylation sites (N-methyl/N-ethyl adjacent to an activating group) is 1. The van der Waals surface area contributed by atoms with Crippen molar-refractivity contribution in [3.05, 3.63) is 42.0 Å². The molecule has 3 heteroatoms. The van der Waals surface area contributed by atoms with Crippen molar-refractivity contribution in [3.63, 3.8) is 0 Å². The van der Waals surface area contributed by atoms with E-state index in [-0.39, 0.29) is 0 Å². The molecule has 2 N–H and O–H groups in total. The van der Waals surface area contributed by atoms with Gasteiger partial charge in [-0.3, -0.25) is 4.90 Å². The van der Waals surface area contributed by atoms with E-state index >= 15 is 0 Å². The Morgan fingerprint density at radius 3 is 2.70 bits per heavy atom. The van der Waals surface area contributed by atoms with Crippen LogP contribution in [0.25, 0.3) is 0 Å². The van der Waals surface area contributed by atoms with Crippen LogP contribution in [0.4, 0.5) is 0 Å². The lowest BCUT2D eigenvalue weighted by molar-refractivity contribution is 0.143. The maximum atomic E-state index is 9.45. The van der Waals surface area contributed by atoms with Crippen molar-refractivity contribution in [1.82, 2.24) is 4.90 Å². The van der Waals surface area contributed by atoms with E-state index in [1.54, 1.807) is 32.1 Å². The Hall–Kier alpha value is -1.76. The van der Waals surface area contributed by atoms with Crippen LogP contribution in [0, 0.1) is 11.8 Å². The van der Waals surface area contributed by atoms with Crippen molar-refractivity contribution in [2.45, 2.75) is 32.9 Å². The summed E-state index contributed by atoms with van der Waals surface area (Å²) in [5.41, 5.74) is 0.138. The van der Waals surface area contributed by atoms with Crippen LogP contribution >= 0.6 is 0 Å². The van der Waals surface area contributed by atoms with Gasteiger partial charge < -0.3 is 10.2 Å². The molecule has 0 aliphatic carbocycles. The van der Waals surface area contributed by atoms with E-state index in [2.05, 4.69) is 23.7 Å². The number of phenolic OH excluding ortho intramolecular Hbond substituents is 1. The Morgan fingerprint density at radius 1 is 1.35 bits per heavy atom. The number of aliphatic hydroxyl groups is 1. The summed E-state index contributed by atoms with van der Waals surface area (Å²) in [4.78, 5) is 2.23. The summed E-state index contributed by atoms with van der Waals surface area (Å²) in [6.45, 7) is 7.90. The molecule has 1 rings (SSSR count). The van der Waals surface area contributed by atoms with Crippen molar-refractivity contribution in [1.29, 1.82) is 0 Å². The standard InChI is InChI=1S/C17H23NO2/c1-4-18(12-7-5-6-11-17(2,3)20)14-15-9-8-10-16(19)13-15/h5,7-10,13,19-20H,4,12,14H2,1-3H3.